The summed E-state index contributed by atoms with van der Waals surface area (Å²) >= 11 is 0. The van der Waals surface area contributed by atoms with Gasteiger partial charge in [0.25, 0.3) is 0 Å². The highest BCUT2D eigenvalue weighted by atomic mass is 16.7. The maximum absolute atomic E-state index is 10.3. The lowest BCUT2D eigenvalue weighted by atomic mass is 10.0. The van der Waals surface area contributed by atoms with E-state index in [1.54, 1.807) is 0 Å². The summed E-state index contributed by atoms with van der Waals surface area (Å²) in [7, 11) is 0. The largest absolute Gasteiger partial charge is 0.388 e. The molecule has 2 fully saturated rings. The molecular weight excluding hydrogens is 384 g/mol. The van der Waals surface area contributed by atoms with Crippen LogP contribution in [0.15, 0.2) is 0 Å². The zero-order valence-electron chi connectivity index (χ0n) is 17.3. The number of aliphatic hydroxyl groups excluding tert-OH is 5. The van der Waals surface area contributed by atoms with E-state index in [4.69, 9.17) is 18.9 Å². The highest BCUT2D eigenvalue weighted by molar-refractivity contribution is 4.87. The lowest BCUT2D eigenvalue weighted by molar-refractivity contribution is -0.328. The second-order valence-electron chi connectivity index (χ2n) is 7.95. The molecule has 8 unspecified atom stereocenters. The summed E-state index contributed by atoms with van der Waals surface area (Å²) in [6.45, 7) is 2.36. The predicted molar refractivity (Wildman–Crippen MR) is 103 cm³/mol. The van der Waals surface area contributed by atoms with Gasteiger partial charge in [0.05, 0.1) is 13.2 Å². The Morgan fingerprint density at radius 3 is 1.97 bits per heavy atom. The molecule has 0 aromatic heterocycles. The fraction of sp³-hybridized carbons (Fsp3) is 1.00. The van der Waals surface area contributed by atoms with E-state index in [9.17, 15) is 25.5 Å². The number of ether oxygens (including phenoxy) is 4. The van der Waals surface area contributed by atoms with Gasteiger partial charge in [-0.25, -0.2) is 0 Å². The molecule has 2 aliphatic rings. The molecule has 0 radical (unpaired) electrons. The molecule has 8 atom stereocenters. The Hall–Kier alpha value is -0.360. The van der Waals surface area contributed by atoms with Crippen molar-refractivity contribution in [2.75, 3.05) is 19.8 Å². The monoisotopic (exact) mass is 422 g/mol. The molecule has 29 heavy (non-hydrogen) atoms. The molecule has 0 amide bonds. The van der Waals surface area contributed by atoms with Crippen LogP contribution in [0.25, 0.3) is 0 Å². The van der Waals surface area contributed by atoms with Crippen LogP contribution in [0.5, 0.6) is 0 Å². The Bertz CT molecular complexity index is 438. The zero-order chi connectivity index (χ0) is 21.2. The SMILES string of the molecule is CCCCCCCCCCOC1OCC(OC2OCC(O)C(O)C2O)C(O)C1O. The zero-order valence-corrected chi connectivity index (χ0v) is 17.3. The molecule has 0 aromatic rings. The van der Waals surface area contributed by atoms with Crippen LogP contribution in [0.1, 0.15) is 58.3 Å². The summed E-state index contributed by atoms with van der Waals surface area (Å²) in [5.41, 5.74) is 0. The predicted octanol–water partition coefficient (Wildman–Crippen LogP) is 0.0460. The van der Waals surface area contributed by atoms with Gasteiger partial charge in [0.2, 0.25) is 0 Å². The Kier molecular flexibility index (Phi) is 11.3. The van der Waals surface area contributed by atoms with Gasteiger partial charge in [-0.05, 0) is 6.42 Å². The summed E-state index contributed by atoms with van der Waals surface area (Å²) in [6.07, 6.45) is -0.465. The second kappa shape index (κ2) is 13.1. The molecule has 2 heterocycles. The minimum Gasteiger partial charge on any atom is -0.388 e. The van der Waals surface area contributed by atoms with Crippen LogP contribution in [0.3, 0.4) is 0 Å². The van der Waals surface area contributed by atoms with E-state index >= 15 is 0 Å². The first kappa shape index (κ1) is 24.9. The number of hydrogen-bond donors (Lipinski definition) is 5. The second-order valence-corrected chi connectivity index (χ2v) is 7.95. The van der Waals surface area contributed by atoms with Crippen molar-refractivity contribution in [3.63, 3.8) is 0 Å². The lowest BCUT2D eigenvalue weighted by Crippen LogP contribution is -2.59. The van der Waals surface area contributed by atoms with Gasteiger partial charge in [-0.3, -0.25) is 0 Å². The molecule has 2 rings (SSSR count). The van der Waals surface area contributed by atoms with E-state index in [1.807, 2.05) is 0 Å². The molecule has 2 aliphatic heterocycles. The van der Waals surface area contributed by atoms with Gasteiger partial charge in [-0.2, -0.15) is 0 Å². The van der Waals surface area contributed by atoms with Gasteiger partial charge < -0.3 is 44.5 Å². The third-order valence-electron chi connectivity index (χ3n) is 5.48. The van der Waals surface area contributed by atoms with Crippen LogP contribution in [-0.4, -0.2) is 94.6 Å². The van der Waals surface area contributed by atoms with Crippen molar-refractivity contribution < 1.29 is 44.5 Å². The minimum atomic E-state index is -1.47. The lowest BCUT2D eigenvalue weighted by Gasteiger charge is -2.41. The number of unbranched alkanes of at least 4 members (excludes halogenated alkanes) is 7. The van der Waals surface area contributed by atoms with E-state index in [0.29, 0.717) is 6.61 Å². The van der Waals surface area contributed by atoms with Gasteiger partial charge in [0, 0.05) is 6.61 Å². The maximum atomic E-state index is 10.3. The van der Waals surface area contributed by atoms with Crippen LogP contribution < -0.4 is 0 Å². The van der Waals surface area contributed by atoms with E-state index in [-0.39, 0.29) is 13.2 Å². The highest BCUT2D eigenvalue weighted by Crippen LogP contribution is 2.24. The van der Waals surface area contributed by atoms with Crippen molar-refractivity contribution in [3.8, 4) is 0 Å². The van der Waals surface area contributed by atoms with Crippen LogP contribution >= 0.6 is 0 Å². The van der Waals surface area contributed by atoms with Crippen LogP contribution in [0, 0.1) is 0 Å². The van der Waals surface area contributed by atoms with E-state index in [1.165, 1.54) is 32.1 Å². The smallest absolute Gasteiger partial charge is 0.186 e. The summed E-state index contributed by atoms with van der Waals surface area (Å²) in [5.74, 6) is 0. The Morgan fingerprint density at radius 1 is 0.690 bits per heavy atom. The third kappa shape index (κ3) is 7.68. The molecule has 0 saturated carbocycles. The van der Waals surface area contributed by atoms with Gasteiger partial charge in [-0.1, -0.05) is 51.9 Å². The Balaban J connectivity index is 1.63. The van der Waals surface area contributed by atoms with Crippen LogP contribution in [-0.2, 0) is 18.9 Å². The van der Waals surface area contributed by atoms with Gasteiger partial charge in [-0.15, -0.1) is 0 Å². The molecule has 0 aliphatic carbocycles. The summed E-state index contributed by atoms with van der Waals surface area (Å²) < 4.78 is 21.6. The average Bonchev–Trinajstić information content (AvgIpc) is 2.71. The fourth-order valence-electron chi connectivity index (χ4n) is 3.54. The van der Waals surface area contributed by atoms with Crippen molar-refractivity contribution in [1.29, 1.82) is 0 Å². The van der Waals surface area contributed by atoms with Crippen LogP contribution in [0.4, 0.5) is 0 Å². The Morgan fingerprint density at radius 2 is 1.28 bits per heavy atom. The van der Waals surface area contributed by atoms with E-state index in [2.05, 4.69) is 6.92 Å². The number of rotatable bonds is 12. The molecular formula is C20H38O9. The molecule has 9 nitrogen and oxygen atoms in total. The normalized spacial score (nSPS) is 38.3. The first-order valence-corrected chi connectivity index (χ1v) is 10.9. The quantitative estimate of drug-likeness (QED) is 0.276. The molecule has 172 valence electrons. The van der Waals surface area contributed by atoms with Gasteiger partial charge >= 0.3 is 0 Å². The molecule has 0 spiro atoms. The van der Waals surface area contributed by atoms with Crippen molar-refractivity contribution >= 4 is 0 Å². The van der Waals surface area contributed by atoms with Crippen molar-refractivity contribution in [2.24, 2.45) is 0 Å². The third-order valence-corrected chi connectivity index (χ3v) is 5.48. The topological polar surface area (TPSA) is 138 Å². The van der Waals surface area contributed by atoms with Crippen molar-refractivity contribution in [1.82, 2.24) is 0 Å². The molecule has 9 heteroatoms. The van der Waals surface area contributed by atoms with Crippen molar-refractivity contribution in [2.45, 2.75) is 107 Å². The summed E-state index contributed by atoms with van der Waals surface area (Å²) in [5, 5.41) is 49.6. The Labute approximate surface area is 172 Å². The molecule has 5 N–H and O–H groups in total. The first-order chi connectivity index (χ1) is 14.0. The molecule has 0 bridgehead atoms. The van der Waals surface area contributed by atoms with Gasteiger partial charge in [0.15, 0.2) is 12.6 Å². The summed E-state index contributed by atoms with van der Waals surface area (Å²) in [6, 6.07) is 0. The van der Waals surface area contributed by atoms with Crippen LogP contribution in [0.2, 0.25) is 0 Å². The standard InChI is InChI=1S/C20H38O9/c1-2-3-4-5-6-7-8-9-10-26-19-18(25)16(23)14(12-28-19)29-20-17(24)15(22)13(21)11-27-20/h13-25H,2-12H2,1H3. The fourth-order valence-corrected chi connectivity index (χ4v) is 3.54. The van der Waals surface area contributed by atoms with Crippen molar-refractivity contribution in [3.05, 3.63) is 0 Å². The number of aliphatic hydroxyl groups is 5. The number of hydrogen-bond acceptors (Lipinski definition) is 9. The highest BCUT2D eigenvalue weighted by Gasteiger charge is 2.44. The first-order valence-electron chi connectivity index (χ1n) is 10.9. The minimum absolute atomic E-state index is 0.0639. The molecule has 0 aromatic carbocycles. The van der Waals surface area contributed by atoms with E-state index < -0.39 is 49.2 Å². The maximum Gasteiger partial charge on any atom is 0.186 e. The molecule has 2 saturated heterocycles. The summed E-state index contributed by atoms with van der Waals surface area (Å²) in [4.78, 5) is 0. The van der Waals surface area contributed by atoms with Gasteiger partial charge in [0.1, 0.15) is 36.6 Å². The van der Waals surface area contributed by atoms with E-state index in [0.717, 1.165) is 19.3 Å². The average molecular weight is 423 g/mol.